The minimum absolute atomic E-state index is 0.103. The van der Waals surface area contributed by atoms with Gasteiger partial charge in [0.1, 0.15) is 17.4 Å². The van der Waals surface area contributed by atoms with Crippen molar-refractivity contribution in [2.24, 2.45) is 0 Å². The Labute approximate surface area is 119 Å². The molecule has 3 aromatic rings. The van der Waals surface area contributed by atoms with E-state index in [1.54, 1.807) is 18.5 Å². The molecule has 0 atom stereocenters. The Balaban J connectivity index is 1.93. The third-order valence-electron chi connectivity index (χ3n) is 2.91. The van der Waals surface area contributed by atoms with Crippen LogP contribution in [0.2, 0.25) is 0 Å². The summed E-state index contributed by atoms with van der Waals surface area (Å²) in [6.07, 6.45) is 3.84. The van der Waals surface area contributed by atoms with Gasteiger partial charge in [-0.25, -0.2) is 4.39 Å². The standard InChI is InChI=1S/C15H9FN4O/c16-13-5-1-4-11(12(13)8-17)15-19-14(20-21-15)7-10-3-2-6-18-9-10/h1-6,9H,7H2. The fourth-order valence-electron chi connectivity index (χ4n) is 1.94. The van der Waals surface area contributed by atoms with Crippen LogP contribution in [0, 0.1) is 17.1 Å². The van der Waals surface area contributed by atoms with Crippen LogP contribution in [0.15, 0.2) is 47.2 Å². The predicted octanol–water partition coefficient (Wildman–Crippen LogP) is 2.73. The van der Waals surface area contributed by atoms with Gasteiger partial charge in [0, 0.05) is 18.8 Å². The number of nitrogens with zero attached hydrogens (tertiary/aromatic N) is 4. The molecule has 102 valence electrons. The lowest BCUT2D eigenvalue weighted by Crippen LogP contribution is -1.92. The molecule has 0 amide bonds. The third-order valence-corrected chi connectivity index (χ3v) is 2.91. The highest BCUT2D eigenvalue weighted by Gasteiger charge is 2.16. The molecule has 0 bridgehead atoms. The SMILES string of the molecule is N#Cc1c(F)cccc1-c1nc(Cc2cccnc2)no1. The van der Waals surface area contributed by atoms with E-state index in [4.69, 9.17) is 9.78 Å². The molecular weight excluding hydrogens is 271 g/mol. The van der Waals surface area contributed by atoms with Crippen molar-refractivity contribution in [2.45, 2.75) is 6.42 Å². The van der Waals surface area contributed by atoms with Gasteiger partial charge < -0.3 is 4.52 Å². The van der Waals surface area contributed by atoms with Crippen molar-refractivity contribution in [1.82, 2.24) is 15.1 Å². The predicted molar refractivity (Wildman–Crippen MR) is 71.5 cm³/mol. The zero-order valence-electron chi connectivity index (χ0n) is 10.8. The number of rotatable bonds is 3. The lowest BCUT2D eigenvalue weighted by Gasteiger charge is -1.98. The zero-order chi connectivity index (χ0) is 14.7. The number of hydrogen-bond donors (Lipinski definition) is 0. The van der Waals surface area contributed by atoms with Crippen molar-refractivity contribution in [3.8, 4) is 17.5 Å². The van der Waals surface area contributed by atoms with E-state index < -0.39 is 5.82 Å². The van der Waals surface area contributed by atoms with Gasteiger partial charge in [-0.2, -0.15) is 10.2 Å². The maximum absolute atomic E-state index is 13.6. The molecule has 0 radical (unpaired) electrons. The van der Waals surface area contributed by atoms with Gasteiger partial charge in [-0.3, -0.25) is 4.98 Å². The Hall–Kier alpha value is -3.07. The smallest absolute Gasteiger partial charge is 0.259 e. The molecule has 2 aromatic heterocycles. The number of halogens is 1. The van der Waals surface area contributed by atoms with Crippen molar-refractivity contribution in [3.63, 3.8) is 0 Å². The van der Waals surface area contributed by atoms with Crippen molar-refractivity contribution in [1.29, 1.82) is 5.26 Å². The van der Waals surface area contributed by atoms with E-state index >= 15 is 0 Å². The molecule has 0 unspecified atom stereocenters. The van der Waals surface area contributed by atoms with E-state index in [1.807, 2.05) is 18.2 Å². The summed E-state index contributed by atoms with van der Waals surface area (Å²) in [5, 5.41) is 12.9. The molecular formula is C15H9FN4O. The molecule has 0 aliphatic heterocycles. The monoisotopic (exact) mass is 280 g/mol. The Kier molecular flexibility index (Phi) is 3.39. The van der Waals surface area contributed by atoms with Gasteiger partial charge in [-0.15, -0.1) is 0 Å². The second-order valence-corrected chi connectivity index (χ2v) is 4.33. The average molecular weight is 280 g/mol. The Morgan fingerprint density at radius 3 is 2.90 bits per heavy atom. The van der Waals surface area contributed by atoms with Crippen LogP contribution < -0.4 is 0 Å². The van der Waals surface area contributed by atoms with Gasteiger partial charge in [0.05, 0.1) is 5.56 Å². The average Bonchev–Trinajstić information content (AvgIpc) is 2.96. The molecule has 21 heavy (non-hydrogen) atoms. The summed E-state index contributed by atoms with van der Waals surface area (Å²) in [6.45, 7) is 0. The van der Waals surface area contributed by atoms with Crippen molar-refractivity contribution >= 4 is 0 Å². The van der Waals surface area contributed by atoms with Gasteiger partial charge in [-0.1, -0.05) is 17.3 Å². The molecule has 2 heterocycles. The molecule has 0 fully saturated rings. The summed E-state index contributed by atoms with van der Waals surface area (Å²) in [6, 6.07) is 9.81. The number of benzene rings is 1. The molecule has 0 aliphatic rings. The largest absolute Gasteiger partial charge is 0.334 e. The van der Waals surface area contributed by atoms with Crippen LogP contribution in [-0.2, 0) is 6.42 Å². The second kappa shape index (κ2) is 5.51. The van der Waals surface area contributed by atoms with Crippen LogP contribution in [0.4, 0.5) is 4.39 Å². The lowest BCUT2D eigenvalue weighted by atomic mass is 10.1. The van der Waals surface area contributed by atoms with Crippen LogP contribution in [0.3, 0.4) is 0 Å². The Morgan fingerprint density at radius 1 is 1.24 bits per heavy atom. The summed E-state index contributed by atoms with van der Waals surface area (Å²) < 4.78 is 18.7. The molecule has 1 aromatic carbocycles. The van der Waals surface area contributed by atoms with E-state index in [1.165, 1.54) is 12.1 Å². The molecule has 0 aliphatic carbocycles. The first-order chi connectivity index (χ1) is 10.3. The number of pyridine rings is 1. The van der Waals surface area contributed by atoms with E-state index in [2.05, 4.69) is 15.1 Å². The van der Waals surface area contributed by atoms with Crippen LogP contribution >= 0.6 is 0 Å². The maximum Gasteiger partial charge on any atom is 0.259 e. The lowest BCUT2D eigenvalue weighted by molar-refractivity contribution is 0.423. The molecule has 0 saturated carbocycles. The first-order valence-corrected chi connectivity index (χ1v) is 6.18. The molecule has 3 rings (SSSR count). The molecule has 6 heteroatoms. The van der Waals surface area contributed by atoms with Crippen molar-refractivity contribution < 1.29 is 8.91 Å². The molecule has 0 spiro atoms. The van der Waals surface area contributed by atoms with Crippen molar-refractivity contribution in [3.05, 3.63) is 65.5 Å². The quantitative estimate of drug-likeness (QED) is 0.737. The second-order valence-electron chi connectivity index (χ2n) is 4.33. The van der Waals surface area contributed by atoms with Crippen molar-refractivity contribution in [2.75, 3.05) is 0 Å². The number of hydrogen-bond acceptors (Lipinski definition) is 5. The minimum atomic E-state index is -0.609. The molecule has 0 saturated heterocycles. The number of aromatic nitrogens is 3. The van der Waals surface area contributed by atoms with Gasteiger partial charge in [-0.05, 0) is 23.8 Å². The molecule has 0 N–H and O–H groups in total. The first-order valence-electron chi connectivity index (χ1n) is 6.18. The van der Waals surface area contributed by atoms with E-state index in [0.29, 0.717) is 17.8 Å². The van der Waals surface area contributed by atoms with Gasteiger partial charge >= 0.3 is 0 Å². The fourth-order valence-corrected chi connectivity index (χ4v) is 1.94. The number of nitriles is 1. The first kappa shape index (κ1) is 12.9. The normalized spacial score (nSPS) is 10.3. The summed E-state index contributed by atoms with van der Waals surface area (Å²) in [5.74, 6) is -0.0295. The van der Waals surface area contributed by atoms with E-state index in [9.17, 15) is 4.39 Å². The topological polar surface area (TPSA) is 75.6 Å². The Bertz CT molecular complexity index is 808. The Morgan fingerprint density at radius 2 is 2.14 bits per heavy atom. The summed E-state index contributed by atoms with van der Waals surface area (Å²) in [4.78, 5) is 8.21. The van der Waals surface area contributed by atoms with Gasteiger partial charge in [0.25, 0.3) is 5.89 Å². The van der Waals surface area contributed by atoms with Crippen LogP contribution in [0.5, 0.6) is 0 Å². The molecule has 5 nitrogen and oxygen atoms in total. The van der Waals surface area contributed by atoms with Crippen LogP contribution in [0.1, 0.15) is 17.0 Å². The highest BCUT2D eigenvalue weighted by atomic mass is 19.1. The minimum Gasteiger partial charge on any atom is -0.334 e. The van der Waals surface area contributed by atoms with Gasteiger partial charge in [0.15, 0.2) is 5.82 Å². The summed E-state index contributed by atoms with van der Waals surface area (Å²) in [7, 11) is 0. The fraction of sp³-hybridized carbons (Fsp3) is 0.0667. The third kappa shape index (κ3) is 2.62. The highest BCUT2D eigenvalue weighted by molar-refractivity contribution is 5.63. The van der Waals surface area contributed by atoms with Crippen LogP contribution in [-0.4, -0.2) is 15.1 Å². The zero-order valence-corrected chi connectivity index (χ0v) is 10.8. The maximum atomic E-state index is 13.6. The van der Waals surface area contributed by atoms with E-state index in [0.717, 1.165) is 5.56 Å². The summed E-state index contributed by atoms with van der Waals surface area (Å²) in [5.41, 5.74) is 1.13. The van der Waals surface area contributed by atoms with Gasteiger partial charge in [0.2, 0.25) is 0 Å². The van der Waals surface area contributed by atoms with Crippen LogP contribution in [0.25, 0.3) is 11.5 Å². The van der Waals surface area contributed by atoms with E-state index in [-0.39, 0.29) is 11.5 Å². The summed E-state index contributed by atoms with van der Waals surface area (Å²) >= 11 is 0. The highest BCUT2D eigenvalue weighted by Crippen LogP contribution is 2.24.